The van der Waals surface area contributed by atoms with Crippen molar-refractivity contribution in [2.45, 2.75) is 27.2 Å². The molecule has 0 saturated heterocycles. The Hall–Kier alpha value is 1.14. The SMILES string of the molecule is C/C=C/[C-]=O.CC#CCC.[CH2-]OC.[Y].[Y]. The van der Waals surface area contributed by atoms with Crippen LogP contribution in [0.15, 0.2) is 12.2 Å². The number of allylic oxidation sites excluding steroid dienone is 2. The Morgan fingerprint density at radius 1 is 1.47 bits per heavy atom. The van der Waals surface area contributed by atoms with Crippen LogP contribution in [0.1, 0.15) is 27.2 Å². The number of ether oxygens (including phenoxy) is 1. The maximum absolute atomic E-state index is 9.19. The first kappa shape index (κ1) is 29.8. The molecule has 0 atom stereocenters. The monoisotopic (exact) mass is 360 g/mol. The average Bonchev–Trinajstić information content (AvgIpc) is 2.09. The molecule has 0 aromatic carbocycles. The fraction of sp³-hybridized carbons (Fsp3) is 0.455. The van der Waals surface area contributed by atoms with Gasteiger partial charge in [0.2, 0.25) is 0 Å². The van der Waals surface area contributed by atoms with Crippen molar-refractivity contribution < 1.29 is 74.9 Å². The molecule has 0 unspecified atom stereocenters. The quantitative estimate of drug-likeness (QED) is 0.408. The number of methoxy groups -OCH3 is 1. The molecule has 15 heavy (non-hydrogen) atoms. The fourth-order valence-corrected chi connectivity index (χ4v) is 0.245. The second-order valence-corrected chi connectivity index (χ2v) is 1.69. The van der Waals surface area contributed by atoms with E-state index in [-0.39, 0.29) is 65.4 Å². The second-order valence-electron chi connectivity index (χ2n) is 1.69. The molecular formula is C11H18O2Y2-2. The molecule has 2 radical (unpaired) electrons. The predicted octanol–water partition coefficient (Wildman–Crippen LogP) is 2.51. The molecule has 0 fully saturated rings. The Balaban J connectivity index is -0.0000000322. The largest absolute Gasteiger partial charge is 0.557 e. The van der Waals surface area contributed by atoms with Gasteiger partial charge in [-0.05, 0) is 20.3 Å². The summed E-state index contributed by atoms with van der Waals surface area (Å²) in [6.07, 6.45) is 5.52. The summed E-state index contributed by atoms with van der Waals surface area (Å²) < 4.78 is 4.00. The van der Waals surface area contributed by atoms with Gasteiger partial charge in [-0.3, -0.25) is 0 Å². The van der Waals surface area contributed by atoms with Gasteiger partial charge >= 0.3 is 0 Å². The smallest absolute Gasteiger partial charge is 0.00601 e. The summed E-state index contributed by atoms with van der Waals surface area (Å²) in [6.45, 7) is 5.66. The molecule has 2 nitrogen and oxygen atoms in total. The van der Waals surface area contributed by atoms with E-state index in [2.05, 4.69) is 23.7 Å². The summed E-state index contributed by atoms with van der Waals surface area (Å²) in [4.78, 5) is 9.19. The molecule has 0 saturated carbocycles. The van der Waals surface area contributed by atoms with Crippen LogP contribution in [0.3, 0.4) is 0 Å². The van der Waals surface area contributed by atoms with Crippen LogP contribution in [0.4, 0.5) is 0 Å². The normalized spacial score (nSPS) is 5.93. The maximum Gasteiger partial charge on any atom is 0.00601 e. The predicted molar refractivity (Wildman–Crippen MR) is 56.6 cm³/mol. The minimum Gasteiger partial charge on any atom is -0.557 e. The Kier molecular flexibility index (Phi) is 90.8. The van der Waals surface area contributed by atoms with Crippen LogP contribution in [0.5, 0.6) is 0 Å². The van der Waals surface area contributed by atoms with Crippen molar-refractivity contribution in [2.24, 2.45) is 0 Å². The number of hydrogen-bond donors (Lipinski definition) is 0. The van der Waals surface area contributed by atoms with Gasteiger partial charge in [0.15, 0.2) is 0 Å². The molecule has 82 valence electrons. The van der Waals surface area contributed by atoms with E-state index in [0.717, 1.165) is 6.42 Å². The molecule has 0 rings (SSSR count). The molecule has 0 aliphatic heterocycles. The Morgan fingerprint density at radius 2 is 1.87 bits per heavy atom. The van der Waals surface area contributed by atoms with Crippen LogP contribution in [-0.4, -0.2) is 13.4 Å². The van der Waals surface area contributed by atoms with Crippen LogP contribution in [-0.2, 0) is 74.9 Å². The first-order chi connectivity index (χ1) is 6.24. The molecule has 0 aliphatic carbocycles. The van der Waals surface area contributed by atoms with E-state index in [9.17, 15) is 4.79 Å². The molecule has 0 aromatic heterocycles. The Bertz CT molecular complexity index is 158. The summed E-state index contributed by atoms with van der Waals surface area (Å²) in [7, 11) is 4.50. The number of hydrogen-bond acceptors (Lipinski definition) is 2. The van der Waals surface area contributed by atoms with Crippen molar-refractivity contribution in [1.29, 1.82) is 0 Å². The van der Waals surface area contributed by atoms with Gasteiger partial charge < -0.3 is 9.53 Å². The second kappa shape index (κ2) is 45.7. The summed E-state index contributed by atoms with van der Waals surface area (Å²) >= 11 is 0. The van der Waals surface area contributed by atoms with Crippen molar-refractivity contribution in [3.63, 3.8) is 0 Å². The van der Waals surface area contributed by atoms with Crippen molar-refractivity contribution in [3.05, 3.63) is 19.3 Å². The Labute approximate surface area is 145 Å². The van der Waals surface area contributed by atoms with Gasteiger partial charge in [-0.15, -0.1) is 18.8 Å². The van der Waals surface area contributed by atoms with E-state index in [0.29, 0.717) is 0 Å². The molecule has 0 aliphatic rings. The molecule has 0 heterocycles. The topological polar surface area (TPSA) is 26.3 Å². The van der Waals surface area contributed by atoms with Crippen molar-refractivity contribution in [1.82, 2.24) is 0 Å². The van der Waals surface area contributed by atoms with Crippen molar-refractivity contribution in [2.75, 3.05) is 7.11 Å². The molecule has 0 amide bonds. The van der Waals surface area contributed by atoms with Crippen LogP contribution in [0, 0.1) is 19.0 Å². The number of rotatable bonds is 1. The minimum absolute atomic E-state index is 0. The third-order valence-corrected chi connectivity index (χ3v) is 0.588. The van der Waals surface area contributed by atoms with Gasteiger partial charge in [0, 0.05) is 71.8 Å². The molecule has 4 heteroatoms. The van der Waals surface area contributed by atoms with Crippen molar-refractivity contribution in [3.8, 4) is 11.8 Å². The first-order valence-electron chi connectivity index (χ1n) is 3.91. The molecule has 0 aromatic rings. The van der Waals surface area contributed by atoms with E-state index in [1.165, 1.54) is 13.2 Å². The summed E-state index contributed by atoms with van der Waals surface area (Å²) in [5.74, 6) is 5.63. The van der Waals surface area contributed by atoms with Gasteiger partial charge in [0.25, 0.3) is 0 Å². The van der Waals surface area contributed by atoms with Crippen LogP contribution in [0.2, 0.25) is 0 Å². The van der Waals surface area contributed by atoms with Crippen LogP contribution in [0.25, 0.3) is 0 Å². The summed E-state index contributed by atoms with van der Waals surface area (Å²) in [5, 5.41) is 0. The third-order valence-electron chi connectivity index (χ3n) is 0.588. The van der Waals surface area contributed by atoms with Gasteiger partial charge in [-0.2, -0.15) is 6.08 Å². The van der Waals surface area contributed by atoms with Crippen molar-refractivity contribution >= 4 is 6.29 Å². The molecule has 0 bridgehead atoms. The van der Waals surface area contributed by atoms with Gasteiger partial charge in [-0.25, -0.2) is 13.2 Å². The zero-order valence-electron chi connectivity index (χ0n) is 10.0. The van der Waals surface area contributed by atoms with E-state index >= 15 is 0 Å². The molecule has 0 N–H and O–H groups in total. The Morgan fingerprint density at radius 3 is 1.87 bits per heavy atom. The standard InChI is InChI=1S/C5H8.C4H5O.C2H5O.2Y/c1-3-5-4-2;1-2-3-4-5;1-3-2;;/h3H2,1-2H3;2-3H,1H3;1H2,2H3;;/q;2*-1;;/b;3-2+;;;. The number of carbonyl (C=O) groups excluding carboxylic acids is 1. The average molecular weight is 360 g/mol. The molecular weight excluding hydrogens is 342 g/mol. The summed E-state index contributed by atoms with van der Waals surface area (Å²) in [6, 6.07) is 0. The third kappa shape index (κ3) is 99.0. The summed E-state index contributed by atoms with van der Waals surface area (Å²) in [5.41, 5.74) is 0. The maximum atomic E-state index is 9.19. The van der Waals surface area contributed by atoms with E-state index in [1.54, 1.807) is 19.3 Å². The van der Waals surface area contributed by atoms with E-state index < -0.39 is 0 Å². The van der Waals surface area contributed by atoms with Gasteiger partial charge in [-0.1, -0.05) is 6.92 Å². The first-order valence-corrected chi connectivity index (χ1v) is 3.91. The molecule has 0 spiro atoms. The van der Waals surface area contributed by atoms with E-state index in [4.69, 9.17) is 0 Å². The fourth-order valence-electron chi connectivity index (χ4n) is 0.245. The van der Waals surface area contributed by atoms with Gasteiger partial charge in [0.1, 0.15) is 0 Å². The van der Waals surface area contributed by atoms with Gasteiger partial charge in [0.05, 0.1) is 0 Å². The van der Waals surface area contributed by atoms with Crippen LogP contribution < -0.4 is 0 Å². The zero-order valence-corrected chi connectivity index (χ0v) is 15.7. The van der Waals surface area contributed by atoms with Crippen LogP contribution >= 0.6 is 0 Å². The minimum atomic E-state index is 0. The van der Waals surface area contributed by atoms with E-state index in [1.807, 2.05) is 13.8 Å². The zero-order chi connectivity index (χ0) is 10.9.